The molecule has 2 aromatic rings. The second-order valence-electron chi connectivity index (χ2n) is 6.76. The first-order valence-corrected chi connectivity index (χ1v) is 9.78. The molecule has 0 unspecified atom stereocenters. The molecule has 1 saturated carbocycles. The summed E-state index contributed by atoms with van der Waals surface area (Å²) in [6, 6.07) is 4.89. The van der Waals surface area contributed by atoms with Crippen molar-refractivity contribution in [3.05, 3.63) is 35.9 Å². The van der Waals surface area contributed by atoms with Crippen LogP contribution < -0.4 is 10.6 Å². The van der Waals surface area contributed by atoms with Crippen molar-refractivity contribution in [2.45, 2.75) is 32.1 Å². The summed E-state index contributed by atoms with van der Waals surface area (Å²) in [5.74, 6) is -1.40. The first-order valence-electron chi connectivity index (χ1n) is 9.40. The van der Waals surface area contributed by atoms with Gasteiger partial charge in [-0.05, 0) is 31.0 Å². The number of nitrogens with zero attached hydrogens (tertiary/aromatic N) is 3. The fourth-order valence-electron chi connectivity index (χ4n) is 3.19. The molecule has 0 spiro atoms. The number of amides is 2. The first-order chi connectivity index (χ1) is 14.0. The lowest BCUT2D eigenvalue weighted by atomic mass is 9.89. The van der Waals surface area contributed by atoms with Gasteiger partial charge in [-0.25, -0.2) is 9.67 Å². The van der Waals surface area contributed by atoms with Crippen LogP contribution in [0.25, 0.3) is 5.69 Å². The molecule has 154 valence electrons. The number of rotatable bonds is 7. The third kappa shape index (κ3) is 6.02. The van der Waals surface area contributed by atoms with Gasteiger partial charge >= 0.3 is 5.97 Å². The van der Waals surface area contributed by atoms with E-state index in [1.54, 1.807) is 18.2 Å². The summed E-state index contributed by atoms with van der Waals surface area (Å²) >= 11 is 6.00. The highest BCUT2D eigenvalue weighted by atomic mass is 35.5. The van der Waals surface area contributed by atoms with Gasteiger partial charge in [-0.2, -0.15) is 5.10 Å². The highest BCUT2D eigenvalue weighted by Crippen LogP contribution is 2.24. The van der Waals surface area contributed by atoms with Crippen LogP contribution in [0.1, 0.15) is 32.1 Å². The van der Waals surface area contributed by atoms with Gasteiger partial charge in [0.05, 0.1) is 11.4 Å². The predicted octanol–water partition coefficient (Wildman–Crippen LogP) is 2.10. The number of carbonyl (C=O) groups is 3. The van der Waals surface area contributed by atoms with Crippen LogP contribution in [0.5, 0.6) is 0 Å². The number of esters is 1. The predicted molar refractivity (Wildman–Crippen MR) is 106 cm³/mol. The van der Waals surface area contributed by atoms with Crippen molar-refractivity contribution >= 4 is 35.1 Å². The Morgan fingerprint density at radius 1 is 1.21 bits per heavy atom. The van der Waals surface area contributed by atoms with Crippen molar-refractivity contribution < 1.29 is 19.1 Å². The molecule has 1 heterocycles. The van der Waals surface area contributed by atoms with Crippen molar-refractivity contribution in [1.82, 2.24) is 20.1 Å². The lowest BCUT2D eigenvalue weighted by molar-refractivity contribution is -0.147. The first kappa shape index (κ1) is 20.8. The minimum absolute atomic E-state index is 0.0436. The maximum atomic E-state index is 12.2. The van der Waals surface area contributed by atoms with E-state index in [0.29, 0.717) is 16.4 Å². The number of hydrogen-bond donors (Lipinski definition) is 2. The Balaban J connectivity index is 1.47. The SMILES string of the molecule is O=C(COC(=O)CNC(=O)C1CCCCC1)Nc1cc(Cl)ccc1-n1cncn1. The molecule has 1 aliphatic rings. The topological polar surface area (TPSA) is 115 Å². The summed E-state index contributed by atoms with van der Waals surface area (Å²) in [6.07, 6.45) is 7.74. The smallest absolute Gasteiger partial charge is 0.325 e. The molecule has 0 atom stereocenters. The largest absolute Gasteiger partial charge is 0.454 e. The van der Waals surface area contributed by atoms with Gasteiger partial charge in [-0.3, -0.25) is 14.4 Å². The number of anilines is 1. The van der Waals surface area contributed by atoms with E-state index in [9.17, 15) is 14.4 Å². The monoisotopic (exact) mass is 419 g/mol. The Bertz CT molecular complexity index is 865. The third-order valence-electron chi connectivity index (χ3n) is 4.65. The average molecular weight is 420 g/mol. The second-order valence-corrected chi connectivity index (χ2v) is 7.20. The summed E-state index contributed by atoms with van der Waals surface area (Å²) in [6.45, 7) is -0.745. The van der Waals surface area contributed by atoms with Gasteiger partial charge in [0, 0.05) is 10.9 Å². The summed E-state index contributed by atoms with van der Waals surface area (Å²) in [5.41, 5.74) is 0.959. The molecule has 3 rings (SSSR count). The molecule has 10 heteroatoms. The van der Waals surface area contributed by atoms with Crippen LogP contribution in [-0.2, 0) is 19.1 Å². The van der Waals surface area contributed by atoms with Gasteiger partial charge in [-0.1, -0.05) is 30.9 Å². The van der Waals surface area contributed by atoms with Crippen LogP contribution in [-0.4, -0.2) is 45.7 Å². The number of carbonyl (C=O) groups excluding carboxylic acids is 3. The van der Waals surface area contributed by atoms with Crippen LogP contribution >= 0.6 is 11.6 Å². The van der Waals surface area contributed by atoms with Crippen LogP contribution in [0.15, 0.2) is 30.9 Å². The second kappa shape index (κ2) is 10.0. The molecule has 2 N–H and O–H groups in total. The van der Waals surface area contributed by atoms with E-state index in [1.807, 2.05) is 0 Å². The molecule has 1 aromatic heterocycles. The van der Waals surface area contributed by atoms with Crippen molar-refractivity contribution in [2.75, 3.05) is 18.5 Å². The molecule has 29 heavy (non-hydrogen) atoms. The molecule has 9 nitrogen and oxygen atoms in total. The zero-order chi connectivity index (χ0) is 20.6. The van der Waals surface area contributed by atoms with Gasteiger partial charge in [0.2, 0.25) is 5.91 Å². The normalized spacial score (nSPS) is 14.2. The molecule has 0 saturated heterocycles. The fourth-order valence-corrected chi connectivity index (χ4v) is 3.36. The summed E-state index contributed by atoms with van der Waals surface area (Å²) in [7, 11) is 0. The summed E-state index contributed by atoms with van der Waals surface area (Å²) in [4.78, 5) is 39.9. The molecular formula is C19H22ClN5O4. The van der Waals surface area contributed by atoms with Gasteiger partial charge in [0.1, 0.15) is 19.2 Å². The molecular weight excluding hydrogens is 398 g/mol. The van der Waals surface area contributed by atoms with Crippen LogP contribution in [0.2, 0.25) is 5.02 Å². The number of halogens is 1. The van der Waals surface area contributed by atoms with Gasteiger partial charge in [-0.15, -0.1) is 0 Å². The minimum atomic E-state index is -0.674. The Labute approximate surface area is 172 Å². The lowest BCUT2D eigenvalue weighted by Crippen LogP contribution is -2.36. The number of aromatic nitrogens is 3. The van der Waals surface area contributed by atoms with Gasteiger partial charge in [0.15, 0.2) is 6.61 Å². The van der Waals surface area contributed by atoms with Crippen molar-refractivity contribution in [1.29, 1.82) is 0 Å². The summed E-state index contributed by atoms with van der Waals surface area (Å²) in [5, 5.41) is 9.66. The molecule has 1 aromatic carbocycles. The van der Waals surface area contributed by atoms with E-state index in [-0.39, 0.29) is 18.4 Å². The van der Waals surface area contributed by atoms with Crippen LogP contribution in [0, 0.1) is 5.92 Å². The van der Waals surface area contributed by atoms with E-state index in [2.05, 4.69) is 20.7 Å². The quantitative estimate of drug-likeness (QED) is 0.664. The minimum Gasteiger partial charge on any atom is -0.454 e. The van der Waals surface area contributed by atoms with Gasteiger partial charge < -0.3 is 15.4 Å². The van der Waals surface area contributed by atoms with E-state index in [4.69, 9.17) is 16.3 Å². The number of nitrogens with one attached hydrogen (secondary N) is 2. The molecule has 1 aliphatic carbocycles. The maximum Gasteiger partial charge on any atom is 0.325 e. The Morgan fingerprint density at radius 3 is 2.72 bits per heavy atom. The lowest BCUT2D eigenvalue weighted by Gasteiger charge is -2.20. The Hall–Kier alpha value is -2.94. The van der Waals surface area contributed by atoms with Crippen molar-refractivity contribution in [3.8, 4) is 5.69 Å². The van der Waals surface area contributed by atoms with Crippen molar-refractivity contribution in [3.63, 3.8) is 0 Å². The molecule has 1 fully saturated rings. The number of ether oxygens (including phenoxy) is 1. The zero-order valence-electron chi connectivity index (χ0n) is 15.8. The zero-order valence-corrected chi connectivity index (χ0v) is 16.5. The fraction of sp³-hybridized carbons (Fsp3) is 0.421. The average Bonchev–Trinajstić information content (AvgIpc) is 3.26. The number of benzene rings is 1. The number of hydrogen-bond acceptors (Lipinski definition) is 6. The highest BCUT2D eigenvalue weighted by molar-refractivity contribution is 6.31. The highest BCUT2D eigenvalue weighted by Gasteiger charge is 2.21. The summed E-state index contributed by atoms with van der Waals surface area (Å²) < 4.78 is 6.41. The Morgan fingerprint density at radius 2 is 2.00 bits per heavy atom. The Kier molecular flexibility index (Phi) is 7.18. The standard InChI is InChI=1S/C19H22ClN5O4/c20-14-6-7-16(25-12-21-11-23-25)15(8-14)24-17(26)10-29-18(27)9-22-19(28)13-4-2-1-3-5-13/h6-8,11-13H,1-5,9-10H2,(H,22,28)(H,24,26). The van der Waals surface area contributed by atoms with E-state index >= 15 is 0 Å². The maximum absolute atomic E-state index is 12.2. The van der Waals surface area contributed by atoms with E-state index < -0.39 is 18.5 Å². The van der Waals surface area contributed by atoms with Gasteiger partial charge in [0.25, 0.3) is 5.91 Å². The molecule has 0 bridgehead atoms. The van der Waals surface area contributed by atoms with Crippen LogP contribution in [0.4, 0.5) is 5.69 Å². The molecule has 0 radical (unpaired) electrons. The van der Waals surface area contributed by atoms with E-state index in [1.165, 1.54) is 17.3 Å². The van der Waals surface area contributed by atoms with E-state index in [0.717, 1.165) is 32.1 Å². The molecule has 2 amide bonds. The van der Waals surface area contributed by atoms with Crippen LogP contribution in [0.3, 0.4) is 0 Å². The molecule has 0 aliphatic heterocycles. The van der Waals surface area contributed by atoms with Crippen molar-refractivity contribution in [2.24, 2.45) is 5.92 Å². The third-order valence-corrected chi connectivity index (χ3v) is 4.88.